The number of aromatic nitrogens is 2. The number of rotatable bonds is 5. The first-order valence-corrected chi connectivity index (χ1v) is 7.64. The van der Waals surface area contributed by atoms with Crippen LogP contribution in [0.1, 0.15) is 43.1 Å². The van der Waals surface area contributed by atoms with Crippen molar-refractivity contribution in [1.29, 1.82) is 0 Å². The number of carbonyl (C=O) groups excluding carboxylic acids is 1. The Kier molecular flexibility index (Phi) is 4.46. The molecule has 0 aliphatic heterocycles. The summed E-state index contributed by atoms with van der Waals surface area (Å²) in [6, 6.07) is 0. The Morgan fingerprint density at radius 2 is 2.11 bits per heavy atom. The summed E-state index contributed by atoms with van der Waals surface area (Å²) in [6.07, 6.45) is 6.05. The summed E-state index contributed by atoms with van der Waals surface area (Å²) in [6.45, 7) is 3.72. The molecule has 0 spiro atoms. The molecule has 19 heavy (non-hydrogen) atoms. The fourth-order valence-corrected chi connectivity index (χ4v) is 3.20. The normalized spacial score (nSPS) is 18.2. The lowest BCUT2D eigenvalue weighted by atomic mass is 9.82. The summed E-state index contributed by atoms with van der Waals surface area (Å²) < 4.78 is 2.67. The Bertz CT molecular complexity index is 461. The molecule has 0 radical (unpaired) electrons. The van der Waals surface area contributed by atoms with E-state index in [1.165, 1.54) is 0 Å². The van der Waals surface area contributed by atoms with Gasteiger partial charge in [0.05, 0.1) is 17.2 Å². The molecule has 0 aromatic carbocycles. The first kappa shape index (κ1) is 14.7. The summed E-state index contributed by atoms with van der Waals surface area (Å²) in [5, 5.41) is 4.33. The second-order valence-electron chi connectivity index (χ2n) is 5.96. The number of Topliss-reactive ketones (excluding diaryl/α,β-unsaturated/α-hetero) is 1. The number of nitrogens with zero attached hydrogens (tertiary/aromatic N) is 3. The zero-order chi connectivity index (χ0) is 14.0. The summed E-state index contributed by atoms with van der Waals surface area (Å²) in [4.78, 5) is 14.9. The van der Waals surface area contributed by atoms with Crippen molar-refractivity contribution in [1.82, 2.24) is 14.7 Å². The van der Waals surface area contributed by atoms with Gasteiger partial charge in [-0.25, -0.2) is 0 Å². The summed E-state index contributed by atoms with van der Waals surface area (Å²) in [5.74, 6) is 0.244. The maximum absolute atomic E-state index is 12.8. The number of hydrogen-bond acceptors (Lipinski definition) is 3. The molecule has 0 N–H and O–H groups in total. The van der Waals surface area contributed by atoms with Gasteiger partial charge in [-0.3, -0.25) is 9.48 Å². The molecule has 5 heteroatoms. The van der Waals surface area contributed by atoms with Crippen LogP contribution in [0.25, 0.3) is 0 Å². The van der Waals surface area contributed by atoms with Crippen molar-refractivity contribution in [2.24, 2.45) is 5.41 Å². The molecule has 1 heterocycles. The molecule has 1 aromatic heterocycles. The molecule has 0 saturated heterocycles. The van der Waals surface area contributed by atoms with Gasteiger partial charge in [0, 0.05) is 12.0 Å². The Balaban J connectivity index is 2.23. The third-order valence-electron chi connectivity index (χ3n) is 4.02. The van der Waals surface area contributed by atoms with Gasteiger partial charge in [-0.15, -0.1) is 0 Å². The van der Waals surface area contributed by atoms with E-state index < -0.39 is 0 Å². The van der Waals surface area contributed by atoms with Crippen molar-refractivity contribution in [2.75, 3.05) is 20.6 Å². The zero-order valence-corrected chi connectivity index (χ0v) is 13.5. The largest absolute Gasteiger partial charge is 0.308 e. The van der Waals surface area contributed by atoms with Crippen LogP contribution in [0.4, 0.5) is 0 Å². The van der Waals surface area contributed by atoms with Gasteiger partial charge in [-0.05, 0) is 42.9 Å². The standard InChI is InChI=1S/C14H22BrN3O/c1-14(6-4-5-7-14)13(19)12-11(15)10-16-18(12)9-8-17(2)3/h10H,4-9H2,1-3H3. The van der Waals surface area contributed by atoms with Gasteiger partial charge in [0.1, 0.15) is 5.69 Å². The summed E-state index contributed by atoms with van der Waals surface area (Å²) in [5.41, 5.74) is 0.546. The highest BCUT2D eigenvalue weighted by Crippen LogP contribution is 2.41. The molecular weight excluding hydrogens is 306 g/mol. The number of likely N-dealkylation sites (N-methyl/N-ethyl adjacent to an activating group) is 1. The van der Waals surface area contributed by atoms with Gasteiger partial charge < -0.3 is 4.90 Å². The van der Waals surface area contributed by atoms with E-state index in [9.17, 15) is 4.79 Å². The van der Waals surface area contributed by atoms with E-state index in [0.717, 1.165) is 48.9 Å². The van der Waals surface area contributed by atoms with Crippen LogP contribution in [-0.2, 0) is 6.54 Å². The van der Waals surface area contributed by atoms with E-state index in [1.54, 1.807) is 6.20 Å². The average molecular weight is 328 g/mol. The minimum absolute atomic E-state index is 0.196. The van der Waals surface area contributed by atoms with Crippen LogP contribution in [0, 0.1) is 5.41 Å². The van der Waals surface area contributed by atoms with E-state index in [2.05, 4.69) is 32.9 Å². The lowest BCUT2D eigenvalue weighted by Gasteiger charge is -2.22. The molecule has 0 bridgehead atoms. The molecule has 1 saturated carbocycles. The van der Waals surface area contributed by atoms with Crippen molar-refractivity contribution in [2.45, 2.75) is 39.2 Å². The van der Waals surface area contributed by atoms with E-state index in [0.29, 0.717) is 0 Å². The molecule has 1 aliphatic rings. The van der Waals surface area contributed by atoms with Crippen LogP contribution in [0.15, 0.2) is 10.7 Å². The lowest BCUT2D eigenvalue weighted by Crippen LogP contribution is -2.29. The minimum Gasteiger partial charge on any atom is -0.308 e. The predicted octanol–water partition coefficient (Wildman–Crippen LogP) is 2.97. The third kappa shape index (κ3) is 3.08. The van der Waals surface area contributed by atoms with Crippen LogP contribution < -0.4 is 0 Å². The Hall–Kier alpha value is -0.680. The van der Waals surface area contributed by atoms with Crippen LogP contribution in [0.2, 0.25) is 0 Å². The molecule has 1 aliphatic carbocycles. The Morgan fingerprint density at radius 1 is 1.47 bits per heavy atom. The van der Waals surface area contributed by atoms with Crippen molar-refractivity contribution in [3.63, 3.8) is 0 Å². The fraction of sp³-hybridized carbons (Fsp3) is 0.714. The van der Waals surface area contributed by atoms with Crippen molar-refractivity contribution >= 4 is 21.7 Å². The topological polar surface area (TPSA) is 38.1 Å². The Morgan fingerprint density at radius 3 is 2.68 bits per heavy atom. The highest BCUT2D eigenvalue weighted by molar-refractivity contribution is 9.10. The third-order valence-corrected chi connectivity index (χ3v) is 4.60. The smallest absolute Gasteiger partial charge is 0.187 e. The van der Waals surface area contributed by atoms with E-state index in [4.69, 9.17) is 0 Å². The molecule has 0 unspecified atom stereocenters. The SMILES string of the molecule is CN(C)CCn1ncc(Br)c1C(=O)C1(C)CCCC1. The van der Waals surface area contributed by atoms with Crippen LogP contribution in [0.3, 0.4) is 0 Å². The maximum Gasteiger partial charge on any atom is 0.187 e. The first-order valence-electron chi connectivity index (χ1n) is 6.85. The molecule has 0 amide bonds. The van der Waals surface area contributed by atoms with Crippen LogP contribution >= 0.6 is 15.9 Å². The fourth-order valence-electron chi connectivity index (χ4n) is 2.72. The number of carbonyl (C=O) groups is 1. The second kappa shape index (κ2) is 5.75. The summed E-state index contributed by atoms with van der Waals surface area (Å²) in [7, 11) is 4.05. The van der Waals surface area contributed by atoms with Crippen LogP contribution in [0.5, 0.6) is 0 Å². The average Bonchev–Trinajstić information content (AvgIpc) is 2.93. The van der Waals surface area contributed by atoms with Gasteiger partial charge in [0.15, 0.2) is 5.78 Å². The predicted molar refractivity (Wildman–Crippen MR) is 79.4 cm³/mol. The van der Waals surface area contributed by atoms with Gasteiger partial charge in [0.2, 0.25) is 0 Å². The Labute approximate surface area is 123 Å². The molecule has 0 atom stereocenters. The van der Waals surface area contributed by atoms with Crippen molar-refractivity contribution in [3.8, 4) is 0 Å². The zero-order valence-electron chi connectivity index (χ0n) is 11.9. The molecule has 2 rings (SSSR count). The monoisotopic (exact) mass is 327 g/mol. The maximum atomic E-state index is 12.8. The van der Waals surface area contributed by atoms with Crippen molar-refractivity contribution in [3.05, 3.63) is 16.4 Å². The quantitative estimate of drug-likeness (QED) is 0.780. The van der Waals surface area contributed by atoms with Gasteiger partial charge >= 0.3 is 0 Å². The molecule has 1 aromatic rings. The molecule has 4 nitrogen and oxygen atoms in total. The van der Waals surface area contributed by atoms with Crippen LogP contribution in [-0.4, -0.2) is 41.1 Å². The minimum atomic E-state index is -0.196. The van der Waals surface area contributed by atoms with Crippen molar-refractivity contribution < 1.29 is 4.79 Å². The van der Waals surface area contributed by atoms with Gasteiger partial charge in [-0.1, -0.05) is 19.8 Å². The van der Waals surface area contributed by atoms with E-state index in [-0.39, 0.29) is 11.2 Å². The number of halogens is 1. The first-order chi connectivity index (χ1) is 8.94. The van der Waals surface area contributed by atoms with E-state index >= 15 is 0 Å². The number of ketones is 1. The lowest BCUT2D eigenvalue weighted by molar-refractivity contribution is 0.0809. The number of hydrogen-bond donors (Lipinski definition) is 0. The van der Waals surface area contributed by atoms with Gasteiger partial charge in [-0.2, -0.15) is 5.10 Å². The molecular formula is C14H22BrN3O. The highest BCUT2D eigenvalue weighted by Gasteiger charge is 2.39. The summed E-state index contributed by atoms with van der Waals surface area (Å²) >= 11 is 3.48. The molecule has 1 fully saturated rings. The van der Waals surface area contributed by atoms with Gasteiger partial charge in [0.25, 0.3) is 0 Å². The highest BCUT2D eigenvalue weighted by atomic mass is 79.9. The molecule has 106 valence electrons. The second-order valence-corrected chi connectivity index (χ2v) is 6.82. The van der Waals surface area contributed by atoms with E-state index in [1.807, 2.05) is 18.8 Å².